The molecule has 0 heterocycles. The van der Waals surface area contributed by atoms with Gasteiger partial charge in [-0.1, -0.05) is 17.7 Å². The van der Waals surface area contributed by atoms with Gasteiger partial charge < -0.3 is 0 Å². The Hall–Kier alpha value is -0.870. The van der Waals surface area contributed by atoms with E-state index in [4.69, 9.17) is 0 Å². The van der Waals surface area contributed by atoms with Gasteiger partial charge >= 0.3 is 0 Å². The lowest BCUT2D eigenvalue weighted by atomic mass is 10.1. The average molecular weight is 241 g/mol. The molecule has 0 saturated carbocycles. The van der Waals surface area contributed by atoms with Gasteiger partial charge in [-0.3, -0.25) is 0 Å². The Kier molecular flexibility index (Phi) is 3.45. The Balaban J connectivity index is 3.18. The van der Waals surface area contributed by atoms with Crippen LogP contribution in [-0.2, 0) is 10.0 Å². The van der Waals surface area contributed by atoms with Crippen molar-refractivity contribution in [3.63, 3.8) is 0 Å². The van der Waals surface area contributed by atoms with Crippen molar-refractivity contribution in [2.45, 2.75) is 45.1 Å². The van der Waals surface area contributed by atoms with E-state index in [2.05, 4.69) is 4.72 Å². The summed E-state index contributed by atoms with van der Waals surface area (Å²) in [6.07, 6.45) is 0. The first-order valence-corrected chi connectivity index (χ1v) is 6.71. The van der Waals surface area contributed by atoms with Crippen molar-refractivity contribution in [2.75, 3.05) is 0 Å². The second kappa shape index (κ2) is 4.18. The van der Waals surface area contributed by atoms with Gasteiger partial charge in [0.05, 0.1) is 4.90 Å². The summed E-state index contributed by atoms with van der Waals surface area (Å²) < 4.78 is 26.8. The van der Waals surface area contributed by atoms with Crippen LogP contribution in [0.25, 0.3) is 0 Å². The van der Waals surface area contributed by atoms with Crippen LogP contribution in [0.1, 0.15) is 31.9 Å². The highest BCUT2D eigenvalue weighted by Gasteiger charge is 2.23. The van der Waals surface area contributed by atoms with Gasteiger partial charge in [0.2, 0.25) is 10.0 Å². The van der Waals surface area contributed by atoms with Crippen LogP contribution >= 0.6 is 0 Å². The number of nitrogens with one attached hydrogen (secondary N) is 1. The minimum Gasteiger partial charge on any atom is -0.207 e. The Labute approximate surface area is 97.9 Å². The molecule has 0 aliphatic rings. The van der Waals surface area contributed by atoms with Crippen molar-refractivity contribution in [1.29, 1.82) is 0 Å². The van der Waals surface area contributed by atoms with E-state index in [0.29, 0.717) is 4.90 Å². The van der Waals surface area contributed by atoms with Gasteiger partial charge in [0.25, 0.3) is 0 Å². The summed E-state index contributed by atoms with van der Waals surface area (Å²) in [5.74, 6) is 0. The number of hydrogen-bond donors (Lipinski definition) is 1. The molecular weight excluding hydrogens is 222 g/mol. The molecule has 0 aliphatic heterocycles. The minimum absolute atomic E-state index is 0.355. The van der Waals surface area contributed by atoms with Gasteiger partial charge in [0.15, 0.2) is 0 Å². The SMILES string of the molecule is Cc1ccc(S(=O)(=O)NC(C)(C)C)c(C)c1. The lowest BCUT2D eigenvalue weighted by Crippen LogP contribution is -2.40. The Morgan fingerprint density at radius 1 is 1.12 bits per heavy atom. The molecule has 0 aliphatic carbocycles. The van der Waals surface area contributed by atoms with E-state index in [1.165, 1.54) is 0 Å². The van der Waals surface area contributed by atoms with E-state index in [1.807, 2.05) is 46.8 Å². The van der Waals surface area contributed by atoms with E-state index < -0.39 is 15.6 Å². The molecule has 3 nitrogen and oxygen atoms in total. The zero-order chi connectivity index (χ0) is 12.6. The zero-order valence-electron chi connectivity index (χ0n) is 10.5. The third kappa shape index (κ3) is 3.32. The van der Waals surface area contributed by atoms with Crippen molar-refractivity contribution < 1.29 is 8.42 Å². The quantitative estimate of drug-likeness (QED) is 0.864. The molecule has 1 N–H and O–H groups in total. The number of sulfonamides is 1. The summed E-state index contributed by atoms with van der Waals surface area (Å²) >= 11 is 0. The fourth-order valence-corrected chi connectivity index (χ4v) is 3.21. The standard InChI is InChI=1S/C12H19NO2S/c1-9-6-7-11(10(2)8-9)16(14,15)13-12(3,4)5/h6-8,13H,1-5H3. The predicted octanol–water partition coefficient (Wildman–Crippen LogP) is 2.38. The van der Waals surface area contributed by atoms with Crippen LogP contribution in [0.5, 0.6) is 0 Å². The molecule has 0 amide bonds. The van der Waals surface area contributed by atoms with Crippen molar-refractivity contribution in [3.8, 4) is 0 Å². The second-order valence-corrected chi connectivity index (χ2v) is 6.78. The lowest BCUT2D eigenvalue weighted by Gasteiger charge is -2.21. The van der Waals surface area contributed by atoms with E-state index in [-0.39, 0.29) is 0 Å². The smallest absolute Gasteiger partial charge is 0.207 e. The molecule has 1 aromatic carbocycles. The maximum absolute atomic E-state index is 12.1. The number of aryl methyl sites for hydroxylation is 2. The van der Waals surface area contributed by atoms with Gasteiger partial charge in [-0.2, -0.15) is 0 Å². The highest BCUT2D eigenvalue weighted by atomic mass is 32.2. The van der Waals surface area contributed by atoms with Crippen molar-refractivity contribution in [3.05, 3.63) is 29.3 Å². The van der Waals surface area contributed by atoms with E-state index in [0.717, 1.165) is 11.1 Å². The molecule has 0 atom stereocenters. The summed E-state index contributed by atoms with van der Waals surface area (Å²) in [5, 5.41) is 0. The Bertz CT molecular complexity index is 484. The summed E-state index contributed by atoms with van der Waals surface area (Å²) in [6, 6.07) is 5.33. The largest absolute Gasteiger partial charge is 0.241 e. The molecule has 0 fully saturated rings. The maximum Gasteiger partial charge on any atom is 0.241 e. The number of hydrogen-bond acceptors (Lipinski definition) is 2. The Morgan fingerprint density at radius 3 is 2.12 bits per heavy atom. The summed E-state index contributed by atoms with van der Waals surface area (Å²) in [5.41, 5.74) is 1.37. The van der Waals surface area contributed by atoms with Crippen LogP contribution in [0.4, 0.5) is 0 Å². The molecule has 90 valence electrons. The van der Waals surface area contributed by atoms with Crippen LogP contribution in [-0.4, -0.2) is 14.0 Å². The first kappa shape index (κ1) is 13.2. The molecule has 4 heteroatoms. The molecule has 0 unspecified atom stereocenters. The monoisotopic (exact) mass is 241 g/mol. The van der Waals surface area contributed by atoms with Gasteiger partial charge in [0, 0.05) is 5.54 Å². The molecule has 0 radical (unpaired) electrons. The highest BCUT2D eigenvalue weighted by molar-refractivity contribution is 7.89. The molecule has 0 bridgehead atoms. The third-order valence-corrected chi connectivity index (χ3v) is 3.98. The molecule has 1 rings (SSSR count). The molecule has 1 aromatic rings. The van der Waals surface area contributed by atoms with Crippen molar-refractivity contribution in [2.24, 2.45) is 0 Å². The topological polar surface area (TPSA) is 46.2 Å². The molecule has 0 spiro atoms. The van der Waals surface area contributed by atoms with Gasteiger partial charge in [-0.15, -0.1) is 0 Å². The molecular formula is C12H19NO2S. The van der Waals surface area contributed by atoms with Crippen LogP contribution in [0, 0.1) is 13.8 Å². The summed E-state index contributed by atoms with van der Waals surface area (Å²) in [4.78, 5) is 0.355. The Morgan fingerprint density at radius 2 is 1.69 bits per heavy atom. The fourth-order valence-electron chi connectivity index (χ4n) is 1.56. The minimum atomic E-state index is -3.42. The number of benzene rings is 1. The van der Waals surface area contributed by atoms with E-state index in [1.54, 1.807) is 6.07 Å². The molecule has 0 aromatic heterocycles. The zero-order valence-corrected chi connectivity index (χ0v) is 11.3. The molecule has 0 saturated heterocycles. The number of rotatable bonds is 2. The molecule has 16 heavy (non-hydrogen) atoms. The van der Waals surface area contributed by atoms with Crippen molar-refractivity contribution in [1.82, 2.24) is 4.72 Å². The summed E-state index contributed by atoms with van der Waals surface area (Å²) in [6.45, 7) is 9.24. The second-order valence-electron chi connectivity index (χ2n) is 5.12. The van der Waals surface area contributed by atoms with Crippen molar-refractivity contribution >= 4 is 10.0 Å². The van der Waals surface area contributed by atoms with E-state index in [9.17, 15) is 8.42 Å². The van der Waals surface area contributed by atoms with Crippen LogP contribution in [0.15, 0.2) is 23.1 Å². The van der Waals surface area contributed by atoms with Crippen LogP contribution in [0.2, 0.25) is 0 Å². The van der Waals surface area contributed by atoms with Gasteiger partial charge in [-0.05, 0) is 46.2 Å². The first-order chi connectivity index (χ1) is 7.12. The normalized spacial score (nSPS) is 12.8. The first-order valence-electron chi connectivity index (χ1n) is 5.23. The fraction of sp³-hybridized carbons (Fsp3) is 0.500. The van der Waals surface area contributed by atoms with Gasteiger partial charge in [0.1, 0.15) is 0 Å². The van der Waals surface area contributed by atoms with Crippen LogP contribution in [0.3, 0.4) is 0 Å². The lowest BCUT2D eigenvalue weighted by molar-refractivity contribution is 0.491. The predicted molar refractivity (Wildman–Crippen MR) is 66.0 cm³/mol. The average Bonchev–Trinajstić information content (AvgIpc) is 1.97. The van der Waals surface area contributed by atoms with E-state index >= 15 is 0 Å². The van der Waals surface area contributed by atoms with Crippen LogP contribution < -0.4 is 4.72 Å². The summed E-state index contributed by atoms with van der Waals surface area (Å²) in [7, 11) is -3.42. The maximum atomic E-state index is 12.1. The highest BCUT2D eigenvalue weighted by Crippen LogP contribution is 2.18. The third-order valence-electron chi connectivity index (χ3n) is 2.06. The van der Waals surface area contributed by atoms with Gasteiger partial charge in [-0.25, -0.2) is 13.1 Å².